The molecule has 1 aromatic carbocycles. The number of methoxy groups -OCH3 is 1. The number of nitrogens with one attached hydrogen (secondary N) is 2. The van der Waals surface area contributed by atoms with Crippen LogP contribution in [-0.4, -0.2) is 49.4 Å². The minimum Gasteiger partial charge on any atom is -0.495 e. The van der Waals surface area contributed by atoms with Gasteiger partial charge in [-0.15, -0.1) is 0 Å². The first-order chi connectivity index (χ1) is 15.4. The summed E-state index contributed by atoms with van der Waals surface area (Å²) in [4.78, 5) is 39.3. The summed E-state index contributed by atoms with van der Waals surface area (Å²) in [5.41, 5.74) is 0.716. The number of likely N-dealkylation sites (N-methyl/N-ethyl adjacent to an activating group) is 1. The molecule has 32 heavy (non-hydrogen) atoms. The lowest BCUT2D eigenvalue weighted by Gasteiger charge is -2.56. The number of hydrogen-bond acceptors (Lipinski definition) is 4. The lowest BCUT2D eigenvalue weighted by molar-refractivity contribution is -0.136. The van der Waals surface area contributed by atoms with E-state index in [0.29, 0.717) is 24.4 Å². The molecule has 174 valence electrons. The maximum Gasteiger partial charge on any atom is 0.244 e. The Morgan fingerprint density at radius 2 is 1.66 bits per heavy atom. The van der Waals surface area contributed by atoms with Gasteiger partial charge in [0.15, 0.2) is 0 Å². The summed E-state index contributed by atoms with van der Waals surface area (Å²) in [5, 5.41) is 5.62. The fourth-order valence-corrected chi connectivity index (χ4v) is 6.68. The molecule has 0 aliphatic heterocycles. The Bertz CT molecular complexity index is 833. The van der Waals surface area contributed by atoms with Crippen LogP contribution in [-0.2, 0) is 14.4 Å². The van der Waals surface area contributed by atoms with E-state index in [-0.39, 0.29) is 36.2 Å². The van der Waals surface area contributed by atoms with Crippen LogP contribution in [0.5, 0.6) is 5.75 Å². The summed E-state index contributed by atoms with van der Waals surface area (Å²) in [6.07, 6.45) is 8.09. The smallest absolute Gasteiger partial charge is 0.244 e. The van der Waals surface area contributed by atoms with Crippen molar-refractivity contribution in [2.45, 2.75) is 51.9 Å². The first kappa shape index (κ1) is 22.6. The van der Waals surface area contributed by atoms with Crippen LogP contribution in [0.4, 0.5) is 5.69 Å². The zero-order valence-corrected chi connectivity index (χ0v) is 19.2. The molecule has 0 radical (unpaired) electrons. The van der Waals surface area contributed by atoms with E-state index in [0.717, 1.165) is 17.8 Å². The Balaban J connectivity index is 1.25. The number of para-hydroxylation sites is 2. The van der Waals surface area contributed by atoms with Gasteiger partial charge in [0.25, 0.3) is 0 Å². The Kier molecular flexibility index (Phi) is 6.72. The van der Waals surface area contributed by atoms with Crippen molar-refractivity contribution in [2.75, 3.05) is 32.1 Å². The van der Waals surface area contributed by atoms with Crippen LogP contribution in [0, 0.1) is 23.2 Å². The number of benzene rings is 1. The van der Waals surface area contributed by atoms with Crippen molar-refractivity contribution in [1.29, 1.82) is 0 Å². The minimum atomic E-state index is -0.301. The van der Waals surface area contributed by atoms with E-state index in [9.17, 15) is 14.4 Å². The zero-order valence-electron chi connectivity index (χ0n) is 19.2. The van der Waals surface area contributed by atoms with Gasteiger partial charge in [0.1, 0.15) is 5.75 Å². The molecule has 4 aliphatic carbocycles. The predicted octanol–water partition coefficient (Wildman–Crippen LogP) is 3.20. The molecule has 5 rings (SSSR count). The third kappa shape index (κ3) is 5.08. The van der Waals surface area contributed by atoms with Gasteiger partial charge in [-0.05, 0) is 80.8 Å². The summed E-state index contributed by atoms with van der Waals surface area (Å²) >= 11 is 0. The number of ether oxygens (including phenoxy) is 1. The van der Waals surface area contributed by atoms with Gasteiger partial charge >= 0.3 is 0 Å². The van der Waals surface area contributed by atoms with E-state index < -0.39 is 0 Å². The van der Waals surface area contributed by atoms with Crippen LogP contribution < -0.4 is 15.4 Å². The second-order valence-electron chi connectivity index (χ2n) is 10.0. The summed E-state index contributed by atoms with van der Waals surface area (Å²) in [7, 11) is 1.54. The van der Waals surface area contributed by atoms with Gasteiger partial charge < -0.3 is 20.3 Å². The Hall–Kier alpha value is -2.57. The molecule has 4 bridgehead atoms. The zero-order chi connectivity index (χ0) is 22.7. The van der Waals surface area contributed by atoms with Crippen LogP contribution >= 0.6 is 0 Å². The largest absolute Gasteiger partial charge is 0.495 e. The van der Waals surface area contributed by atoms with Crippen LogP contribution in [0.25, 0.3) is 0 Å². The maximum absolute atomic E-state index is 12.7. The lowest BCUT2D eigenvalue weighted by Crippen LogP contribution is -2.49. The molecule has 0 saturated heterocycles. The second kappa shape index (κ2) is 9.51. The molecule has 0 aromatic heterocycles. The Morgan fingerprint density at radius 3 is 2.25 bits per heavy atom. The van der Waals surface area contributed by atoms with Crippen molar-refractivity contribution < 1.29 is 19.1 Å². The average molecular weight is 442 g/mol. The summed E-state index contributed by atoms with van der Waals surface area (Å²) in [5.74, 6) is 2.38. The number of rotatable bonds is 9. The highest BCUT2D eigenvalue weighted by atomic mass is 16.5. The number of nitrogens with zero attached hydrogens (tertiary/aromatic N) is 1. The molecule has 0 atom stereocenters. The van der Waals surface area contributed by atoms with E-state index >= 15 is 0 Å². The quantitative estimate of drug-likeness (QED) is 0.616. The van der Waals surface area contributed by atoms with Gasteiger partial charge in [-0.3, -0.25) is 14.4 Å². The summed E-state index contributed by atoms with van der Waals surface area (Å²) < 4.78 is 5.25. The molecule has 0 unspecified atom stereocenters. The highest BCUT2D eigenvalue weighted by molar-refractivity contribution is 5.96. The Morgan fingerprint density at radius 1 is 1.03 bits per heavy atom. The van der Waals surface area contributed by atoms with Gasteiger partial charge in [-0.25, -0.2) is 0 Å². The normalized spacial score (nSPS) is 27.6. The van der Waals surface area contributed by atoms with Crippen molar-refractivity contribution in [3.8, 4) is 5.75 Å². The third-order valence-electron chi connectivity index (χ3n) is 7.59. The van der Waals surface area contributed by atoms with Gasteiger partial charge in [0.2, 0.25) is 17.7 Å². The summed E-state index contributed by atoms with van der Waals surface area (Å²) in [6.45, 7) is 2.08. The molecule has 4 saturated carbocycles. The van der Waals surface area contributed by atoms with E-state index in [1.54, 1.807) is 25.3 Å². The van der Waals surface area contributed by atoms with Gasteiger partial charge in [-0.2, -0.15) is 0 Å². The maximum atomic E-state index is 12.7. The van der Waals surface area contributed by atoms with Crippen LogP contribution in [0.15, 0.2) is 24.3 Å². The molecule has 4 aliphatic rings. The average Bonchev–Trinajstić information content (AvgIpc) is 2.75. The fourth-order valence-electron chi connectivity index (χ4n) is 6.68. The monoisotopic (exact) mass is 441 g/mol. The van der Waals surface area contributed by atoms with Crippen LogP contribution in [0.1, 0.15) is 51.9 Å². The van der Waals surface area contributed by atoms with Crippen LogP contribution in [0.2, 0.25) is 0 Å². The van der Waals surface area contributed by atoms with E-state index in [4.69, 9.17) is 4.74 Å². The molecular weight excluding hydrogens is 406 g/mol. The van der Waals surface area contributed by atoms with Gasteiger partial charge in [-0.1, -0.05) is 12.1 Å². The highest BCUT2D eigenvalue weighted by Crippen LogP contribution is 2.61. The number of carbonyl (C=O) groups is 3. The van der Waals surface area contributed by atoms with Crippen molar-refractivity contribution in [1.82, 2.24) is 10.2 Å². The van der Waals surface area contributed by atoms with Crippen molar-refractivity contribution in [3.05, 3.63) is 24.3 Å². The topological polar surface area (TPSA) is 87.7 Å². The molecule has 0 heterocycles. The van der Waals surface area contributed by atoms with Crippen molar-refractivity contribution in [2.24, 2.45) is 23.2 Å². The third-order valence-corrected chi connectivity index (χ3v) is 7.59. The molecule has 2 N–H and O–H groups in total. The number of hydrogen-bond donors (Lipinski definition) is 2. The first-order valence-corrected chi connectivity index (χ1v) is 11.9. The standard InChI is InChI=1S/C25H35N3O4/c1-3-28(16-23(30)27-20-6-4-5-7-21(20)32-2)24(31)15-26-22(29)14-25-11-17-8-18(12-25)10-19(9-17)13-25/h4-7,17-19H,3,8-16H2,1-2H3,(H,26,29)(H,27,30). The molecular formula is C25H35N3O4. The first-order valence-electron chi connectivity index (χ1n) is 11.9. The van der Waals surface area contributed by atoms with Gasteiger partial charge in [0.05, 0.1) is 25.9 Å². The minimum absolute atomic E-state index is 0.0326. The predicted molar refractivity (Wildman–Crippen MR) is 122 cm³/mol. The molecule has 3 amide bonds. The molecule has 1 aromatic rings. The number of anilines is 1. The van der Waals surface area contributed by atoms with Crippen molar-refractivity contribution in [3.63, 3.8) is 0 Å². The fraction of sp³-hybridized carbons (Fsp3) is 0.640. The SMILES string of the molecule is CCN(CC(=O)Nc1ccccc1OC)C(=O)CNC(=O)CC12CC3CC(CC(C3)C1)C2. The van der Waals surface area contributed by atoms with E-state index in [1.165, 1.54) is 43.4 Å². The molecule has 7 nitrogen and oxygen atoms in total. The van der Waals surface area contributed by atoms with Crippen molar-refractivity contribution >= 4 is 23.4 Å². The number of amides is 3. The molecule has 0 spiro atoms. The van der Waals surface area contributed by atoms with Crippen LogP contribution in [0.3, 0.4) is 0 Å². The summed E-state index contributed by atoms with van der Waals surface area (Å²) in [6, 6.07) is 7.14. The Labute approximate surface area is 190 Å². The van der Waals surface area contributed by atoms with Gasteiger partial charge in [0, 0.05) is 13.0 Å². The number of carbonyl (C=O) groups excluding carboxylic acids is 3. The highest BCUT2D eigenvalue weighted by Gasteiger charge is 2.51. The van der Waals surface area contributed by atoms with E-state index in [2.05, 4.69) is 10.6 Å². The second-order valence-corrected chi connectivity index (χ2v) is 10.0. The molecule has 4 fully saturated rings. The van der Waals surface area contributed by atoms with E-state index in [1.807, 2.05) is 13.0 Å². The molecule has 7 heteroatoms. The lowest BCUT2D eigenvalue weighted by atomic mass is 9.49.